The Labute approximate surface area is 44.8 Å². The summed E-state index contributed by atoms with van der Waals surface area (Å²) < 4.78 is 29.0. The van der Waals surface area contributed by atoms with Crippen molar-refractivity contribution in [1.82, 2.24) is 0 Å². The van der Waals surface area contributed by atoms with E-state index in [4.69, 9.17) is 10.1 Å². The molecule has 46 valence electrons. The van der Waals surface area contributed by atoms with E-state index < -0.39 is 10.3 Å². The van der Waals surface area contributed by atoms with E-state index in [1.165, 1.54) is 0 Å². The smallest absolute Gasteiger partial charge is 0.266 e. The van der Waals surface area contributed by atoms with Crippen molar-refractivity contribution in [2.75, 3.05) is 0 Å². The Kier molecular flexibility index (Phi) is 2.16. The molecule has 0 aromatic heterocycles. The molecule has 0 bridgehead atoms. The second-order valence-corrected chi connectivity index (χ2v) is 1.78. The number of hydrogen-bond acceptors (Lipinski definition) is 3. The highest BCUT2D eigenvalue weighted by Crippen LogP contribution is 1.84. The van der Waals surface area contributed by atoms with Crippen LogP contribution in [0, 0.1) is 5.53 Å². The second kappa shape index (κ2) is 2.43. The average molecular weight is 138 g/mol. The summed E-state index contributed by atoms with van der Waals surface area (Å²) in [5.74, 6) is 0. The molecule has 0 rings (SSSR count). The fraction of sp³-hybridized carbons (Fsp3) is 0. The summed E-state index contributed by atoms with van der Waals surface area (Å²) in [5.41, 5.74) is 5.87. The van der Waals surface area contributed by atoms with Crippen LogP contribution in [0.15, 0.2) is 15.0 Å². The first-order valence-corrected chi connectivity index (χ1v) is 2.72. The number of rotatable bonds is 2. The minimum Gasteiger partial charge on any atom is -0.266 e. The van der Waals surface area contributed by atoms with Crippen LogP contribution in [0.1, 0.15) is 0 Å². The average Bonchev–Trinajstić information content (AvgIpc) is 1.59. The largest absolute Gasteiger partial charge is 0.397 e. The van der Waals surface area contributed by atoms with Gasteiger partial charge in [0.25, 0.3) is 0 Å². The second-order valence-electron chi connectivity index (χ2n) is 0.719. The molecule has 0 heterocycles. The summed E-state index contributed by atoms with van der Waals surface area (Å²) >= 11 is 0. The van der Waals surface area contributed by atoms with Crippen molar-refractivity contribution in [3.05, 3.63) is 0 Å². The van der Waals surface area contributed by atoms with Crippen LogP contribution in [0.25, 0.3) is 0 Å². The lowest BCUT2D eigenvalue weighted by atomic mass is 12.6. The summed E-state index contributed by atoms with van der Waals surface area (Å²) in [6.45, 7) is 0. The molecule has 0 aliphatic carbocycles. The molecule has 0 saturated carbocycles. The molecule has 2 N–H and O–H groups in total. The standard InChI is InChI=1S/H2N4O3S/c1-2-3-4-8(5,6)7/h1H,(H,5,6,7). The number of nitrogens with one attached hydrogen (secondary N) is 1. The van der Waals surface area contributed by atoms with E-state index in [1.807, 2.05) is 0 Å². The predicted molar refractivity (Wildman–Crippen MR) is 21.6 cm³/mol. The van der Waals surface area contributed by atoms with Gasteiger partial charge in [0.15, 0.2) is 0 Å². The summed E-state index contributed by atoms with van der Waals surface area (Å²) in [6, 6.07) is 0. The van der Waals surface area contributed by atoms with E-state index in [2.05, 4.69) is 15.0 Å². The monoisotopic (exact) mass is 138 g/mol. The molecule has 0 radical (unpaired) electrons. The summed E-state index contributed by atoms with van der Waals surface area (Å²) in [6.07, 6.45) is 0. The Morgan fingerprint density at radius 3 is 2.12 bits per heavy atom. The van der Waals surface area contributed by atoms with E-state index in [9.17, 15) is 8.42 Å². The van der Waals surface area contributed by atoms with Gasteiger partial charge in [0, 0.05) is 0 Å². The van der Waals surface area contributed by atoms with Crippen molar-refractivity contribution in [3.8, 4) is 0 Å². The van der Waals surface area contributed by atoms with Crippen molar-refractivity contribution < 1.29 is 13.0 Å². The molecule has 0 atom stereocenters. The SMILES string of the molecule is N=NN=NS(=O)(=O)O. The molecule has 0 spiro atoms. The lowest BCUT2D eigenvalue weighted by Crippen LogP contribution is -1.87. The highest BCUT2D eigenvalue weighted by atomic mass is 32.2. The molecular weight excluding hydrogens is 136 g/mol. The molecule has 0 aromatic rings. The number of hydrogen-bond donors (Lipinski definition) is 2. The van der Waals surface area contributed by atoms with Crippen molar-refractivity contribution in [3.63, 3.8) is 0 Å². The van der Waals surface area contributed by atoms with Crippen LogP contribution < -0.4 is 0 Å². The first-order chi connectivity index (χ1) is 3.56. The van der Waals surface area contributed by atoms with Gasteiger partial charge < -0.3 is 0 Å². The van der Waals surface area contributed by atoms with Crippen LogP contribution in [-0.4, -0.2) is 13.0 Å². The molecule has 0 aliphatic heterocycles. The van der Waals surface area contributed by atoms with E-state index in [0.717, 1.165) is 0 Å². The topological polar surface area (TPSA) is 115 Å². The molecule has 8 heavy (non-hydrogen) atoms. The van der Waals surface area contributed by atoms with Crippen molar-refractivity contribution in [2.24, 2.45) is 15.0 Å². The van der Waals surface area contributed by atoms with Crippen LogP contribution in [0.4, 0.5) is 0 Å². The minimum atomic E-state index is -4.44. The molecule has 0 unspecified atom stereocenters. The third-order valence-electron chi connectivity index (χ3n) is 0.184. The maximum atomic E-state index is 9.54. The third kappa shape index (κ3) is 5.11. The minimum absolute atomic E-state index is 2.17. The highest BCUT2D eigenvalue weighted by Gasteiger charge is 1.95. The lowest BCUT2D eigenvalue weighted by molar-refractivity contribution is 0.481. The molecule has 0 amide bonds. The molecular formula is H2N4O3S. The Hall–Kier alpha value is -0.890. The van der Waals surface area contributed by atoms with Crippen LogP contribution in [-0.2, 0) is 10.3 Å². The van der Waals surface area contributed by atoms with Crippen LogP contribution in [0.2, 0.25) is 0 Å². The maximum Gasteiger partial charge on any atom is 0.397 e. The van der Waals surface area contributed by atoms with Gasteiger partial charge >= 0.3 is 10.3 Å². The molecule has 0 saturated heterocycles. The Morgan fingerprint density at radius 1 is 1.50 bits per heavy atom. The fourth-order valence-corrected chi connectivity index (χ4v) is 0.193. The zero-order valence-electron chi connectivity index (χ0n) is 3.51. The zero-order valence-corrected chi connectivity index (χ0v) is 4.33. The van der Waals surface area contributed by atoms with Gasteiger partial charge in [0.1, 0.15) is 0 Å². The van der Waals surface area contributed by atoms with Crippen molar-refractivity contribution >= 4 is 10.3 Å². The third-order valence-corrected chi connectivity index (χ3v) is 0.464. The van der Waals surface area contributed by atoms with E-state index in [-0.39, 0.29) is 0 Å². The van der Waals surface area contributed by atoms with Gasteiger partial charge in [0.05, 0.1) is 0 Å². The van der Waals surface area contributed by atoms with E-state index >= 15 is 0 Å². The van der Waals surface area contributed by atoms with Gasteiger partial charge in [-0.3, -0.25) is 4.55 Å². The fourth-order valence-electron chi connectivity index (χ4n) is 0.0644. The summed E-state index contributed by atoms with van der Waals surface area (Å²) in [4.78, 5) is 0. The molecule has 0 aromatic carbocycles. The Morgan fingerprint density at radius 2 is 2.00 bits per heavy atom. The van der Waals surface area contributed by atoms with E-state index in [0.29, 0.717) is 0 Å². The van der Waals surface area contributed by atoms with Crippen LogP contribution >= 0.6 is 0 Å². The Balaban J connectivity index is 4.12. The quantitative estimate of drug-likeness (QED) is 0.322. The summed E-state index contributed by atoms with van der Waals surface area (Å²) in [5, 5.41) is 4.51. The summed E-state index contributed by atoms with van der Waals surface area (Å²) in [7, 11) is -4.44. The van der Waals surface area contributed by atoms with E-state index in [1.54, 1.807) is 0 Å². The normalized spacial score (nSPS) is 12.1. The van der Waals surface area contributed by atoms with Gasteiger partial charge in [-0.1, -0.05) is 0 Å². The van der Waals surface area contributed by atoms with Gasteiger partial charge in [-0.2, -0.15) is 13.9 Å². The predicted octanol–water partition coefficient (Wildman–Crippen LogP) is 0.187. The van der Waals surface area contributed by atoms with Gasteiger partial charge in [-0.05, 0) is 15.0 Å². The van der Waals surface area contributed by atoms with Crippen molar-refractivity contribution in [2.45, 2.75) is 0 Å². The molecule has 7 nitrogen and oxygen atoms in total. The Bertz CT molecular complexity index is 187. The molecule has 0 fully saturated rings. The molecule has 0 aliphatic rings. The number of nitrogens with zero attached hydrogens (tertiary/aromatic N) is 3. The van der Waals surface area contributed by atoms with Gasteiger partial charge in [-0.25, -0.2) is 0 Å². The van der Waals surface area contributed by atoms with Gasteiger partial charge in [-0.15, -0.1) is 0 Å². The zero-order chi connectivity index (χ0) is 6.62. The first kappa shape index (κ1) is 7.11. The molecule has 8 heteroatoms. The van der Waals surface area contributed by atoms with Crippen LogP contribution in [0.5, 0.6) is 0 Å². The first-order valence-electron chi connectivity index (χ1n) is 1.32. The van der Waals surface area contributed by atoms with Gasteiger partial charge in [0.2, 0.25) is 0 Å². The lowest BCUT2D eigenvalue weighted by Gasteiger charge is -1.74. The highest BCUT2D eigenvalue weighted by molar-refractivity contribution is 7.84. The van der Waals surface area contributed by atoms with Crippen molar-refractivity contribution in [1.29, 1.82) is 5.53 Å². The maximum absolute atomic E-state index is 9.54. The van der Waals surface area contributed by atoms with Crippen LogP contribution in [0.3, 0.4) is 0 Å².